The Kier molecular flexibility index (Phi) is 7.83. The van der Waals surface area contributed by atoms with Gasteiger partial charge in [-0.25, -0.2) is 0 Å². The fraction of sp³-hybridized carbons (Fsp3) is 0.412. The van der Waals surface area contributed by atoms with Gasteiger partial charge in [0, 0.05) is 17.8 Å². The van der Waals surface area contributed by atoms with Gasteiger partial charge in [0.25, 0.3) is 0 Å². The van der Waals surface area contributed by atoms with E-state index in [1.54, 1.807) is 44.4 Å². The first kappa shape index (κ1) is 18.7. The number of nitrogens with one attached hydrogen (secondary N) is 2. The summed E-state index contributed by atoms with van der Waals surface area (Å²) in [5, 5.41) is 5.55. The molecular formula is C17H25N3O3. The first-order valence-electron chi connectivity index (χ1n) is 7.65. The molecule has 0 saturated heterocycles. The zero-order valence-electron chi connectivity index (χ0n) is 13.8. The molecule has 0 aliphatic rings. The Hall–Kier alpha value is -2.34. The van der Waals surface area contributed by atoms with Crippen molar-refractivity contribution in [3.63, 3.8) is 0 Å². The summed E-state index contributed by atoms with van der Waals surface area (Å²) in [6.07, 6.45) is 4.73. The van der Waals surface area contributed by atoms with Gasteiger partial charge in [0.05, 0.1) is 13.2 Å². The van der Waals surface area contributed by atoms with Gasteiger partial charge in [-0.2, -0.15) is 0 Å². The Bertz CT molecular complexity index is 539. The first-order chi connectivity index (χ1) is 11.0. The molecule has 0 unspecified atom stereocenters. The molecule has 0 spiro atoms. The molecule has 2 amide bonds. The van der Waals surface area contributed by atoms with Crippen LogP contribution in [0, 0.1) is 0 Å². The number of ether oxygens (including phenoxy) is 1. The molecular weight excluding hydrogens is 294 g/mol. The van der Waals surface area contributed by atoms with Crippen LogP contribution in [0.2, 0.25) is 0 Å². The van der Waals surface area contributed by atoms with Crippen LogP contribution in [0.5, 0.6) is 5.75 Å². The van der Waals surface area contributed by atoms with Crippen LogP contribution in [-0.4, -0.2) is 31.0 Å². The van der Waals surface area contributed by atoms with Crippen LogP contribution < -0.4 is 21.1 Å². The average Bonchev–Trinajstić information content (AvgIpc) is 2.53. The zero-order chi connectivity index (χ0) is 17.2. The Morgan fingerprint density at radius 3 is 2.48 bits per heavy atom. The van der Waals surface area contributed by atoms with E-state index in [0.29, 0.717) is 5.69 Å². The number of amides is 2. The highest BCUT2D eigenvalue weighted by atomic mass is 16.5. The van der Waals surface area contributed by atoms with Gasteiger partial charge in [-0.15, -0.1) is 0 Å². The van der Waals surface area contributed by atoms with Crippen LogP contribution in [-0.2, 0) is 9.59 Å². The van der Waals surface area contributed by atoms with Crippen molar-refractivity contribution in [2.45, 2.75) is 38.8 Å². The SMILES string of the molecule is CCC[C@@H](C=CC(=O)Nc1ccc(OC)cc1)NC(=O)[C@H](C)N. The second-order valence-corrected chi connectivity index (χ2v) is 5.27. The average molecular weight is 319 g/mol. The summed E-state index contributed by atoms with van der Waals surface area (Å²) in [6.45, 7) is 3.63. The highest BCUT2D eigenvalue weighted by Gasteiger charge is 2.12. The van der Waals surface area contributed by atoms with Gasteiger partial charge in [0.15, 0.2) is 0 Å². The van der Waals surface area contributed by atoms with Crippen molar-refractivity contribution in [1.29, 1.82) is 0 Å². The summed E-state index contributed by atoms with van der Waals surface area (Å²) in [6, 6.07) is 6.26. The van der Waals surface area contributed by atoms with Gasteiger partial charge >= 0.3 is 0 Å². The maximum absolute atomic E-state index is 11.9. The highest BCUT2D eigenvalue weighted by molar-refractivity contribution is 5.99. The van der Waals surface area contributed by atoms with Gasteiger partial charge in [0.1, 0.15) is 5.75 Å². The Morgan fingerprint density at radius 1 is 1.30 bits per heavy atom. The van der Waals surface area contributed by atoms with E-state index in [4.69, 9.17) is 10.5 Å². The maximum atomic E-state index is 11.9. The first-order valence-corrected chi connectivity index (χ1v) is 7.65. The van der Waals surface area contributed by atoms with Crippen molar-refractivity contribution in [2.24, 2.45) is 5.73 Å². The predicted octanol–water partition coefficient (Wildman–Crippen LogP) is 1.82. The number of carbonyl (C=O) groups is 2. The van der Waals surface area contributed by atoms with Crippen LogP contribution in [0.4, 0.5) is 5.69 Å². The lowest BCUT2D eigenvalue weighted by atomic mass is 10.1. The predicted molar refractivity (Wildman–Crippen MR) is 91.3 cm³/mol. The van der Waals surface area contributed by atoms with E-state index in [-0.39, 0.29) is 17.9 Å². The fourth-order valence-electron chi connectivity index (χ4n) is 1.90. The van der Waals surface area contributed by atoms with Crippen LogP contribution >= 0.6 is 0 Å². The number of anilines is 1. The standard InChI is InChI=1S/C17H25N3O3/c1-4-5-13(20-17(22)12(2)18)8-11-16(21)19-14-6-9-15(23-3)10-7-14/h6-13H,4-5,18H2,1-3H3,(H,19,21)(H,20,22)/t12-,13-/m0/s1. The molecule has 4 N–H and O–H groups in total. The Morgan fingerprint density at radius 2 is 1.96 bits per heavy atom. The molecule has 0 radical (unpaired) electrons. The van der Waals surface area contributed by atoms with E-state index in [2.05, 4.69) is 10.6 Å². The molecule has 0 saturated carbocycles. The number of benzene rings is 1. The van der Waals surface area contributed by atoms with E-state index < -0.39 is 6.04 Å². The highest BCUT2D eigenvalue weighted by Crippen LogP contribution is 2.14. The second kappa shape index (κ2) is 9.63. The van der Waals surface area contributed by atoms with Gasteiger partial charge in [0.2, 0.25) is 11.8 Å². The molecule has 0 aliphatic heterocycles. The van der Waals surface area contributed by atoms with Crippen molar-refractivity contribution in [3.05, 3.63) is 36.4 Å². The summed E-state index contributed by atoms with van der Waals surface area (Å²) in [4.78, 5) is 23.6. The minimum Gasteiger partial charge on any atom is -0.497 e. The molecule has 0 aliphatic carbocycles. The van der Waals surface area contributed by atoms with Gasteiger partial charge in [-0.1, -0.05) is 19.4 Å². The molecule has 1 rings (SSSR count). The molecule has 0 fully saturated rings. The van der Waals surface area contributed by atoms with Crippen molar-refractivity contribution < 1.29 is 14.3 Å². The van der Waals surface area contributed by atoms with Crippen LogP contribution in [0.1, 0.15) is 26.7 Å². The topological polar surface area (TPSA) is 93.5 Å². The van der Waals surface area contributed by atoms with Crippen LogP contribution in [0.25, 0.3) is 0 Å². The van der Waals surface area contributed by atoms with Crippen molar-refractivity contribution in [3.8, 4) is 5.75 Å². The minimum atomic E-state index is -0.573. The van der Waals surface area contributed by atoms with E-state index in [0.717, 1.165) is 18.6 Å². The van der Waals surface area contributed by atoms with Crippen molar-refractivity contribution in [1.82, 2.24) is 5.32 Å². The van der Waals surface area contributed by atoms with E-state index in [1.165, 1.54) is 6.08 Å². The van der Waals surface area contributed by atoms with E-state index in [9.17, 15) is 9.59 Å². The van der Waals surface area contributed by atoms with Crippen LogP contribution in [0.15, 0.2) is 36.4 Å². The van der Waals surface area contributed by atoms with Crippen molar-refractivity contribution >= 4 is 17.5 Å². The zero-order valence-corrected chi connectivity index (χ0v) is 13.8. The molecule has 0 aromatic heterocycles. The number of nitrogens with two attached hydrogens (primary N) is 1. The van der Waals surface area contributed by atoms with Gasteiger partial charge < -0.3 is 21.1 Å². The third-order valence-corrected chi connectivity index (χ3v) is 3.18. The molecule has 0 bridgehead atoms. The molecule has 2 atom stereocenters. The number of rotatable bonds is 8. The normalized spacial score (nSPS) is 13.4. The Labute approximate surface area is 137 Å². The molecule has 23 heavy (non-hydrogen) atoms. The molecule has 1 aromatic carbocycles. The lowest BCUT2D eigenvalue weighted by Crippen LogP contribution is -2.43. The van der Waals surface area contributed by atoms with Gasteiger partial charge in [-0.05, 0) is 37.6 Å². The summed E-state index contributed by atoms with van der Waals surface area (Å²) < 4.78 is 5.06. The van der Waals surface area contributed by atoms with E-state index in [1.807, 2.05) is 6.92 Å². The monoisotopic (exact) mass is 319 g/mol. The minimum absolute atomic E-state index is 0.208. The summed E-state index contributed by atoms with van der Waals surface area (Å²) in [5.41, 5.74) is 6.21. The Balaban J connectivity index is 2.60. The third kappa shape index (κ3) is 6.97. The largest absolute Gasteiger partial charge is 0.497 e. The lowest BCUT2D eigenvalue weighted by molar-refractivity contribution is -0.122. The summed E-state index contributed by atoms with van der Waals surface area (Å²) in [5.74, 6) is 0.232. The molecule has 1 aromatic rings. The quantitative estimate of drug-likeness (QED) is 0.637. The smallest absolute Gasteiger partial charge is 0.248 e. The number of hydrogen-bond acceptors (Lipinski definition) is 4. The summed E-state index contributed by atoms with van der Waals surface area (Å²) >= 11 is 0. The molecule has 0 heterocycles. The lowest BCUT2D eigenvalue weighted by Gasteiger charge is -2.15. The third-order valence-electron chi connectivity index (χ3n) is 3.18. The van der Waals surface area contributed by atoms with Crippen molar-refractivity contribution in [2.75, 3.05) is 12.4 Å². The van der Waals surface area contributed by atoms with E-state index >= 15 is 0 Å². The molecule has 6 nitrogen and oxygen atoms in total. The molecule has 6 heteroatoms. The number of methoxy groups -OCH3 is 1. The maximum Gasteiger partial charge on any atom is 0.248 e. The summed E-state index contributed by atoms with van der Waals surface area (Å²) in [7, 11) is 1.58. The molecule has 126 valence electrons. The number of carbonyl (C=O) groups excluding carboxylic acids is 2. The van der Waals surface area contributed by atoms with Gasteiger partial charge in [-0.3, -0.25) is 9.59 Å². The van der Waals surface area contributed by atoms with Crippen LogP contribution in [0.3, 0.4) is 0 Å². The fourth-order valence-corrected chi connectivity index (χ4v) is 1.90. The second-order valence-electron chi connectivity index (χ2n) is 5.27. The number of hydrogen-bond donors (Lipinski definition) is 3.